The molecular weight excluding hydrogens is 361 g/mol. The van der Waals surface area contributed by atoms with E-state index in [1.807, 2.05) is 17.5 Å². The molecule has 1 aromatic heterocycles. The van der Waals surface area contributed by atoms with Crippen molar-refractivity contribution in [1.82, 2.24) is 10.2 Å². The molecular formula is C19H21F3N2OS. The first-order valence-electron chi connectivity index (χ1n) is 8.77. The number of rotatable bonds is 5. The molecule has 0 aliphatic carbocycles. The van der Waals surface area contributed by atoms with Crippen LogP contribution < -0.4 is 5.32 Å². The SMILES string of the molecule is O=C(NCC(c1cccs1)N1CCCCCC1)c1ccc(F)c(F)c1F. The van der Waals surface area contributed by atoms with Crippen LogP contribution in [-0.4, -0.2) is 30.4 Å². The van der Waals surface area contributed by atoms with E-state index in [0.29, 0.717) is 0 Å². The van der Waals surface area contributed by atoms with Crippen molar-refractivity contribution < 1.29 is 18.0 Å². The third-order valence-electron chi connectivity index (χ3n) is 4.69. The number of amides is 1. The number of thiophene rings is 1. The summed E-state index contributed by atoms with van der Waals surface area (Å²) in [7, 11) is 0. The van der Waals surface area contributed by atoms with Crippen molar-refractivity contribution in [3.63, 3.8) is 0 Å². The summed E-state index contributed by atoms with van der Waals surface area (Å²) in [6, 6.07) is 5.70. The summed E-state index contributed by atoms with van der Waals surface area (Å²) in [4.78, 5) is 15.8. The van der Waals surface area contributed by atoms with Gasteiger partial charge >= 0.3 is 0 Å². The molecule has 2 aromatic rings. The van der Waals surface area contributed by atoms with Gasteiger partial charge in [-0.3, -0.25) is 9.69 Å². The molecule has 0 saturated carbocycles. The second-order valence-corrected chi connectivity index (χ2v) is 7.39. The largest absolute Gasteiger partial charge is 0.350 e. The molecule has 0 radical (unpaired) electrons. The Morgan fingerprint density at radius 2 is 1.81 bits per heavy atom. The van der Waals surface area contributed by atoms with Gasteiger partial charge in [0.15, 0.2) is 17.5 Å². The summed E-state index contributed by atoms with van der Waals surface area (Å²) in [5.41, 5.74) is -0.482. The van der Waals surface area contributed by atoms with Gasteiger partial charge in [-0.1, -0.05) is 18.9 Å². The quantitative estimate of drug-likeness (QED) is 0.772. The maximum absolute atomic E-state index is 13.8. The Morgan fingerprint density at radius 3 is 2.46 bits per heavy atom. The van der Waals surface area contributed by atoms with E-state index in [9.17, 15) is 18.0 Å². The van der Waals surface area contributed by atoms with Gasteiger partial charge in [0.2, 0.25) is 0 Å². The van der Waals surface area contributed by atoms with Gasteiger partial charge in [-0.2, -0.15) is 0 Å². The van der Waals surface area contributed by atoms with Gasteiger partial charge in [-0.15, -0.1) is 11.3 Å². The Kier molecular flexibility index (Phi) is 6.32. The maximum atomic E-state index is 13.8. The van der Waals surface area contributed by atoms with E-state index in [1.165, 1.54) is 12.8 Å². The number of carbonyl (C=O) groups excluding carboxylic acids is 1. The van der Waals surface area contributed by atoms with Crippen molar-refractivity contribution in [2.24, 2.45) is 0 Å². The molecule has 7 heteroatoms. The molecule has 1 amide bonds. The van der Waals surface area contributed by atoms with Gasteiger partial charge in [-0.05, 0) is 49.5 Å². The molecule has 26 heavy (non-hydrogen) atoms. The fourth-order valence-corrected chi connectivity index (χ4v) is 4.14. The standard InChI is InChI=1S/C19H21F3N2OS/c20-14-8-7-13(17(21)18(14)22)19(25)23-12-15(16-6-5-11-26-16)24-9-3-1-2-4-10-24/h5-8,11,15H,1-4,9-10,12H2,(H,23,25). The van der Waals surface area contributed by atoms with E-state index in [4.69, 9.17) is 0 Å². The van der Waals surface area contributed by atoms with Gasteiger partial charge < -0.3 is 5.32 Å². The molecule has 1 atom stereocenters. The molecule has 140 valence electrons. The van der Waals surface area contributed by atoms with Crippen LogP contribution in [0.1, 0.15) is 47.0 Å². The van der Waals surface area contributed by atoms with Crippen LogP contribution in [0.3, 0.4) is 0 Å². The molecule has 1 unspecified atom stereocenters. The van der Waals surface area contributed by atoms with Crippen LogP contribution in [0, 0.1) is 17.5 Å². The van der Waals surface area contributed by atoms with E-state index >= 15 is 0 Å². The van der Waals surface area contributed by atoms with Gasteiger partial charge in [0, 0.05) is 11.4 Å². The maximum Gasteiger partial charge on any atom is 0.254 e. The third-order valence-corrected chi connectivity index (χ3v) is 5.66. The summed E-state index contributed by atoms with van der Waals surface area (Å²) in [5, 5.41) is 4.67. The van der Waals surface area contributed by atoms with Crippen LogP contribution in [-0.2, 0) is 0 Å². The van der Waals surface area contributed by atoms with Crippen LogP contribution in [0.5, 0.6) is 0 Å². The Labute approximate surface area is 154 Å². The molecule has 1 N–H and O–H groups in total. The average molecular weight is 382 g/mol. The molecule has 0 bridgehead atoms. The first kappa shape index (κ1) is 18.9. The Bertz CT molecular complexity index is 743. The normalized spacial score (nSPS) is 16.9. The van der Waals surface area contributed by atoms with E-state index in [1.54, 1.807) is 11.3 Å². The summed E-state index contributed by atoms with van der Waals surface area (Å²) < 4.78 is 40.3. The second kappa shape index (κ2) is 8.68. The lowest BCUT2D eigenvalue weighted by molar-refractivity contribution is 0.0928. The number of nitrogens with one attached hydrogen (secondary N) is 1. The van der Waals surface area contributed by atoms with E-state index in [-0.39, 0.29) is 12.6 Å². The molecule has 2 heterocycles. The van der Waals surface area contributed by atoms with Crippen LogP contribution in [0.2, 0.25) is 0 Å². The van der Waals surface area contributed by atoms with Crippen molar-refractivity contribution in [1.29, 1.82) is 0 Å². The first-order chi connectivity index (χ1) is 12.6. The number of halogens is 3. The Balaban J connectivity index is 1.73. The predicted octanol–water partition coefficient (Wildman–Crippen LogP) is 4.51. The zero-order valence-corrected chi connectivity index (χ0v) is 15.1. The van der Waals surface area contributed by atoms with Gasteiger partial charge in [0.1, 0.15) is 0 Å². The van der Waals surface area contributed by atoms with Crippen molar-refractivity contribution >= 4 is 17.2 Å². The zero-order chi connectivity index (χ0) is 18.5. The minimum absolute atomic E-state index is 0.00888. The molecule has 1 saturated heterocycles. The number of benzene rings is 1. The molecule has 1 aromatic carbocycles. The van der Waals surface area contributed by atoms with Crippen LogP contribution in [0.4, 0.5) is 13.2 Å². The molecule has 3 nitrogen and oxygen atoms in total. The predicted molar refractivity (Wildman–Crippen MR) is 95.8 cm³/mol. The van der Waals surface area contributed by atoms with E-state index in [2.05, 4.69) is 10.2 Å². The number of hydrogen-bond acceptors (Lipinski definition) is 3. The van der Waals surface area contributed by atoms with Crippen molar-refractivity contribution in [2.45, 2.75) is 31.7 Å². The summed E-state index contributed by atoms with van der Waals surface area (Å²) >= 11 is 1.61. The van der Waals surface area contributed by atoms with Crippen molar-refractivity contribution in [2.75, 3.05) is 19.6 Å². The molecule has 3 rings (SSSR count). The smallest absolute Gasteiger partial charge is 0.254 e. The number of nitrogens with zero attached hydrogens (tertiary/aromatic N) is 1. The van der Waals surface area contributed by atoms with Crippen LogP contribution in [0.15, 0.2) is 29.6 Å². The Hall–Kier alpha value is -1.86. The topological polar surface area (TPSA) is 32.3 Å². The second-order valence-electron chi connectivity index (χ2n) is 6.41. The van der Waals surface area contributed by atoms with Gasteiger partial charge in [0.05, 0.1) is 11.6 Å². The lowest BCUT2D eigenvalue weighted by atomic mass is 10.1. The van der Waals surface area contributed by atoms with Crippen LogP contribution >= 0.6 is 11.3 Å². The summed E-state index contributed by atoms with van der Waals surface area (Å²) in [5.74, 6) is -5.12. The highest BCUT2D eigenvalue weighted by Crippen LogP contribution is 2.27. The Morgan fingerprint density at radius 1 is 1.08 bits per heavy atom. The van der Waals surface area contributed by atoms with Crippen molar-refractivity contribution in [3.05, 3.63) is 57.5 Å². The van der Waals surface area contributed by atoms with Gasteiger partial charge in [0.25, 0.3) is 5.91 Å². The molecule has 1 aliphatic heterocycles. The lowest BCUT2D eigenvalue weighted by Crippen LogP contribution is -2.38. The van der Waals surface area contributed by atoms with Crippen LogP contribution in [0.25, 0.3) is 0 Å². The fourth-order valence-electron chi connectivity index (χ4n) is 3.28. The molecule has 0 spiro atoms. The number of likely N-dealkylation sites (tertiary alicyclic amines) is 1. The molecule has 1 aliphatic rings. The first-order valence-corrected chi connectivity index (χ1v) is 9.65. The minimum atomic E-state index is -1.63. The van der Waals surface area contributed by atoms with E-state index in [0.717, 1.165) is 42.9 Å². The number of hydrogen-bond donors (Lipinski definition) is 1. The number of carbonyl (C=O) groups is 1. The highest BCUT2D eigenvalue weighted by Gasteiger charge is 2.24. The van der Waals surface area contributed by atoms with Gasteiger partial charge in [-0.25, -0.2) is 13.2 Å². The highest BCUT2D eigenvalue weighted by molar-refractivity contribution is 7.10. The highest BCUT2D eigenvalue weighted by atomic mass is 32.1. The summed E-state index contributed by atoms with van der Waals surface area (Å²) in [6.07, 6.45) is 4.60. The third kappa shape index (κ3) is 4.27. The van der Waals surface area contributed by atoms with E-state index < -0.39 is 28.9 Å². The lowest BCUT2D eigenvalue weighted by Gasteiger charge is -2.30. The summed E-state index contributed by atoms with van der Waals surface area (Å²) in [6.45, 7) is 2.17. The monoisotopic (exact) mass is 382 g/mol. The minimum Gasteiger partial charge on any atom is -0.350 e. The average Bonchev–Trinajstić information content (AvgIpc) is 3.03. The molecule has 1 fully saturated rings. The van der Waals surface area contributed by atoms with Crippen molar-refractivity contribution in [3.8, 4) is 0 Å². The zero-order valence-electron chi connectivity index (χ0n) is 14.3. The fraction of sp³-hybridized carbons (Fsp3) is 0.421.